The number of rotatable bonds is 5. The minimum atomic E-state index is -4.43. The van der Waals surface area contributed by atoms with Gasteiger partial charge in [-0.3, -0.25) is 4.79 Å². The van der Waals surface area contributed by atoms with Crippen LogP contribution in [0.2, 0.25) is 0 Å². The number of carbonyl (C=O) groups is 1. The molecule has 1 aromatic carbocycles. The SMILES string of the molecule is CC(CO)NC(=O)CC(C)c1ccccc1C(F)(F)F. The molecule has 1 amide bonds. The van der Waals surface area contributed by atoms with E-state index in [9.17, 15) is 18.0 Å². The molecule has 2 unspecified atom stereocenters. The van der Waals surface area contributed by atoms with E-state index in [-0.39, 0.29) is 24.5 Å². The fourth-order valence-corrected chi connectivity index (χ4v) is 1.95. The van der Waals surface area contributed by atoms with Gasteiger partial charge in [-0.1, -0.05) is 25.1 Å². The van der Waals surface area contributed by atoms with Gasteiger partial charge in [-0.25, -0.2) is 0 Å². The van der Waals surface area contributed by atoms with Gasteiger partial charge in [0, 0.05) is 12.5 Å². The largest absolute Gasteiger partial charge is 0.416 e. The van der Waals surface area contributed by atoms with Crippen LogP contribution in [-0.4, -0.2) is 23.7 Å². The lowest BCUT2D eigenvalue weighted by atomic mass is 9.92. The standard InChI is InChI=1S/C14H18F3NO2/c1-9(7-13(20)18-10(2)8-19)11-5-3-4-6-12(11)14(15,16)17/h3-6,9-10,19H,7-8H2,1-2H3,(H,18,20). The van der Waals surface area contributed by atoms with E-state index in [2.05, 4.69) is 5.32 Å². The van der Waals surface area contributed by atoms with Crippen molar-refractivity contribution in [1.29, 1.82) is 0 Å². The van der Waals surface area contributed by atoms with Gasteiger partial charge in [0.2, 0.25) is 5.91 Å². The zero-order chi connectivity index (χ0) is 15.3. The van der Waals surface area contributed by atoms with E-state index >= 15 is 0 Å². The topological polar surface area (TPSA) is 49.3 Å². The molecule has 2 atom stereocenters. The van der Waals surface area contributed by atoms with Crippen molar-refractivity contribution in [1.82, 2.24) is 5.32 Å². The first-order chi connectivity index (χ1) is 9.25. The molecule has 0 aromatic heterocycles. The number of benzene rings is 1. The summed E-state index contributed by atoms with van der Waals surface area (Å²) in [5.74, 6) is -0.935. The monoisotopic (exact) mass is 289 g/mol. The highest BCUT2D eigenvalue weighted by atomic mass is 19.4. The number of carbonyl (C=O) groups excluding carboxylic acids is 1. The highest BCUT2D eigenvalue weighted by Gasteiger charge is 2.34. The molecule has 1 rings (SSSR count). The Labute approximate surface area is 115 Å². The smallest absolute Gasteiger partial charge is 0.394 e. The van der Waals surface area contributed by atoms with Crippen LogP contribution in [-0.2, 0) is 11.0 Å². The van der Waals surface area contributed by atoms with Gasteiger partial charge < -0.3 is 10.4 Å². The predicted octanol–water partition coefficient (Wildman–Crippen LogP) is 2.70. The molecule has 0 radical (unpaired) electrons. The molecule has 0 saturated carbocycles. The van der Waals surface area contributed by atoms with Crippen molar-refractivity contribution in [2.45, 2.75) is 38.4 Å². The first-order valence-electron chi connectivity index (χ1n) is 6.32. The van der Waals surface area contributed by atoms with Gasteiger partial charge >= 0.3 is 6.18 Å². The second kappa shape index (κ2) is 6.74. The quantitative estimate of drug-likeness (QED) is 0.875. The third-order valence-corrected chi connectivity index (χ3v) is 2.97. The Morgan fingerprint density at radius 1 is 1.30 bits per heavy atom. The molecular formula is C14H18F3NO2. The molecule has 3 nitrogen and oxygen atoms in total. The molecular weight excluding hydrogens is 271 g/mol. The maximum absolute atomic E-state index is 12.9. The normalized spacial score (nSPS) is 14.7. The molecule has 20 heavy (non-hydrogen) atoms. The first-order valence-corrected chi connectivity index (χ1v) is 6.32. The van der Waals surface area contributed by atoms with Crippen molar-refractivity contribution in [3.63, 3.8) is 0 Å². The third kappa shape index (κ3) is 4.52. The molecule has 2 N–H and O–H groups in total. The van der Waals surface area contributed by atoms with Crippen LogP contribution < -0.4 is 5.32 Å². The number of hydrogen-bond donors (Lipinski definition) is 2. The summed E-state index contributed by atoms with van der Waals surface area (Å²) in [7, 11) is 0. The molecule has 0 aliphatic heterocycles. The van der Waals surface area contributed by atoms with E-state index < -0.39 is 23.7 Å². The maximum Gasteiger partial charge on any atom is 0.416 e. The Bertz CT molecular complexity index is 460. The fraction of sp³-hybridized carbons (Fsp3) is 0.500. The zero-order valence-electron chi connectivity index (χ0n) is 11.4. The third-order valence-electron chi connectivity index (χ3n) is 2.97. The summed E-state index contributed by atoms with van der Waals surface area (Å²) in [6, 6.07) is 4.84. The molecule has 0 heterocycles. The van der Waals surface area contributed by atoms with Crippen molar-refractivity contribution >= 4 is 5.91 Å². The highest BCUT2D eigenvalue weighted by molar-refractivity contribution is 5.77. The second-order valence-corrected chi connectivity index (χ2v) is 4.84. The van der Waals surface area contributed by atoms with E-state index in [0.29, 0.717) is 0 Å². The summed E-state index contributed by atoms with van der Waals surface area (Å²) in [5, 5.41) is 11.3. The van der Waals surface area contributed by atoms with E-state index in [4.69, 9.17) is 5.11 Å². The molecule has 6 heteroatoms. The summed E-state index contributed by atoms with van der Waals surface area (Å²) >= 11 is 0. The molecule has 0 fully saturated rings. The van der Waals surface area contributed by atoms with Crippen molar-refractivity contribution in [2.24, 2.45) is 0 Å². The number of hydrogen-bond acceptors (Lipinski definition) is 2. The van der Waals surface area contributed by atoms with Crippen LogP contribution in [0.5, 0.6) is 0 Å². The van der Waals surface area contributed by atoms with Crippen LogP contribution in [0.15, 0.2) is 24.3 Å². The van der Waals surface area contributed by atoms with Crippen molar-refractivity contribution in [3.05, 3.63) is 35.4 Å². The Morgan fingerprint density at radius 2 is 1.90 bits per heavy atom. The van der Waals surface area contributed by atoms with Crippen molar-refractivity contribution < 1.29 is 23.1 Å². The highest BCUT2D eigenvalue weighted by Crippen LogP contribution is 2.35. The Morgan fingerprint density at radius 3 is 2.45 bits per heavy atom. The number of nitrogens with one attached hydrogen (secondary N) is 1. The van der Waals surface area contributed by atoms with Crippen LogP contribution in [0.4, 0.5) is 13.2 Å². The summed E-state index contributed by atoms with van der Waals surface area (Å²) in [6.07, 6.45) is -4.49. The van der Waals surface area contributed by atoms with Crippen molar-refractivity contribution in [3.8, 4) is 0 Å². The average molecular weight is 289 g/mol. The number of alkyl halides is 3. The first kappa shape index (κ1) is 16.5. The summed E-state index contributed by atoms with van der Waals surface area (Å²) in [4.78, 5) is 11.7. The molecule has 0 saturated heterocycles. The lowest BCUT2D eigenvalue weighted by Gasteiger charge is -2.19. The van der Waals surface area contributed by atoms with Gasteiger partial charge in [-0.15, -0.1) is 0 Å². The zero-order valence-corrected chi connectivity index (χ0v) is 11.4. The van der Waals surface area contributed by atoms with Crippen LogP contribution >= 0.6 is 0 Å². The van der Waals surface area contributed by atoms with Gasteiger partial charge in [0.25, 0.3) is 0 Å². The number of aliphatic hydroxyl groups is 1. The molecule has 0 aliphatic carbocycles. The molecule has 0 aliphatic rings. The molecule has 0 bridgehead atoms. The number of aliphatic hydroxyl groups excluding tert-OH is 1. The molecule has 1 aromatic rings. The summed E-state index contributed by atoms with van der Waals surface area (Å²) in [6.45, 7) is 2.99. The van der Waals surface area contributed by atoms with Crippen LogP contribution in [0, 0.1) is 0 Å². The average Bonchev–Trinajstić information content (AvgIpc) is 2.37. The molecule has 0 spiro atoms. The van der Waals surface area contributed by atoms with E-state index in [1.807, 2.05) is 0 Å². The minimum absolute atomic E-state index is 0.0581. The lowest BCUT2D eigenvalue weighted by molar-refractivity contribution is -0.138. The van der Waals surface area contributed by atoms with E-state index in [1.54, 1.807) is 13.8 Å². The summed E-state index contributed by atoms with van der Waals surface area (Å²) in [5.41, 5.74) is -0.609. The van der Waals surface area contributed by atoms with Crippen LogP contribution in [0.25, 0.3) is 0 Å². The minimum Gasteiger partial charge on any atom is -0.394 e. The van der Waals surface area contributed by atoms with Gasteiger partial charge in [-0.05, 0) is 24.5 Å². The predicted molar refractivity (Wildman–Crippen MR) is 69.2 cm³/mol. The Kier molecular flexibility index (Phi) is 5.56. The maximum atomic E-state index is 12.9. The van der Waals surface area contributed by atoms with Gasteiger partial charge in [0.15, 0.2) is 0 Å². The van der Waals surface area contributed by atoms with Gasteiger partial charge in [0.05, 0.1) is 12.2 Å². The number of amides is 1. The number of halogens is 3. The fourth-order valence-electron chi connectivity index (χ4n) is 1.95. The second-order valence-electron chi connectivity index (χ2n) is 4.84. The van der Waals surface area contributed by atoms with Gasteiger partial charge in [0.1, 0.15) is 0 Å². The van der Waals surface area contributed by atoms with Crippen LogP contribution in [0.3, 0.4) is 0 Å². The van der Waals surface area contributed by atoms with Crippen molar-refractivity contribution in [2.75, 3.05) is 6.61 Å². The Balaban J connectivity index is 2.83. The molecule has 112 valence electrons. The van der Waals surface area contributed by atoms with Crippen LogP contribution in [0.1, 0.15) is 37.3 Å². The summed E-state index contributed by atoms with van der Waals surface area (Å²) < 4.78 is 38.6. The Hall–Kier alpha value is -1.56. The van der Waals surface area contributed by atoms with E-state index in [0.717, 1.165) is 6.07 Å². The van der Waals surface area contributed by atoms with Gasteiger partial charge in [-0.2, -0.15) is 13.2 Å². The van der Waals surface area contributed by atoms with E-state index in [1.165, 1.54) is 18.2 Å². The lowest BCUT2D eigenvalue weighted by Crippen LogP contribution is -2.35.